The number of nitrogens with two attached hydrogens (primary N) is 1. The summed E-state index contributed by atoms with van der Waals surface area (Å²) in [4.78, 5) is 13.1. The van der Waals surface area contributed by atoms with E-state index in [-0.39, 0.29) is 0 Å². The number of methoxy groups -OCH3 is 1. The summed E-state index contributed by atoms with van der Waals surface area (Å²) in [7, 11) is 9.49. The third-order valence-electron chi connectivity index (χ3n) is 5.61. The Labute approximate surface area is 206 Å². The van der Waals surface area contributed by atoms with E-state index in [0.717, 1.165) is 30.0 Å². The summed E-state index contributed by atoms with van der Waals surface area (Å²) in [5, 5.41) is 16.0. The number of para-hydroxylation sites is 1. The number of ether oxygens (including phenoxy) is 1. The second kappa shape index (κ2) is 11.2. The lowest BCUT2D eigenvalue weighted by Crippen LogP contribution is -2.29. The average Bonchev–Trinajstić information content (AvgIpc) is 2.86. The molecule has 0 radical (unpaired) electrons. The molecule has 0 amide bonds. The Kier molecular flexibility index (Phi) is 8.12. The number of nitrogens with one attached hydrogen (secondary N) is 2. The molecule has 4 N–H and O–H groups in total. The van der Waals surface area contributed by atoms with Gasteiger partial charge in [0.15, 0.2) is 0 Å². The zero-order chi connectivity index (χ0) is 25.5. The average molecular weight is 473 g/mol. The monoisotopic (exact) mass is 472 g/mol. The van der Waals surface area contributed by atoms with Gasteiger partial charge in [-0.05, 0) is 26.2 Å². The lowest BCUT2D eigenvalue weighted by molar-refractivity contribution is 0.413. The fourth-order valence-corrected chi connectivity index (χ4v) is 3.62. The molecule has 3 rings (SSSR count). The van der Waals surface area contributed by atoms with Crippen molar-refractivity contribution in [2.75, 3.05) is 69.7 Å². The molecule has 0 aliphatic heterocycles. The molecule has 35 heavy (non-hydrogen) atoms. The molecule has 0 bridgehead atoms. The van der Waals surface area contributed by atoms with Crippen LogP contribution < -0.4 is 26.0 Å². The molecule has 1 heterocycles. The van der Waals surface area contributed by atoms with Crippen LogP contribution in [0.25, 0.3) is 5.57 Å². The van der Waals surface area contributed by atoms with Crippen LogP contribution in [0.5, 0.6) is 5.75 Å². The molecule has 9 heteroatoms. The minimum atomic E-state index is 0.300. The van der Waals surface area contributed by atoms with Crippen LogP contribution in [-0.2, 0) is 0 Å². The zero-order valence-electron chi connectivity index (χ0n) is 20.9. The third-order valence-corrected chi connectivity index (χ3v) is 5.61. The Morgan fingerprint density at radius 1 is 1.17 bits per heavy atom. The van der Waals surface area contributed by atoms with Crippen molar-refractivity contribution in [3.8, 4) is 11.8 Å². The molecule has 0 saturated heterocycles. The minimum Gasteiger partial charge on any atom is -0.494 e. The maximum Gasteiger partial charge on any atom is 0.227 e. The Morgan fingerprint density at radius 2 is 1.91 bits per heavy atom. The van der Waals surface area contributed by atoms with Crippen LogP contribution in [0, 0.1) is 11.3 Å². The van der Waals surface area contributed by atoms with Gasteiger partial charge in [0, 0.05) is 50.1 Å². The first-order valence-electron chi connectivity index (χ1n) is 11.1. The Hall–Kier alpha value is -4.29. The van der Waals surface area contributed by atoms with Gasteiger partial charge in [-0.2, -0.15) is 5.26 Å². The van der Waals surface area contributed by atoms with Crippen molar-refractivity contribution in [1.29, 1.82) is 5.26 Å². The molecule has 0 unspecified atom stereocenters. The van der Waals surface area contributed by atoms with Gasteiger partial charge >= 0.3 is 0 Å². The van der Waals surface area contributed by atoms with E-state index in [0.29, 0.717) is 39.9 Å². The van der Waals surface area contributed by atoms with E-state index in [1.54, 1.807) is 13.2 Å². The van der Waals surface area contributed by atoms with Gasteiger partial charge in [-0.1, -0.05) is 24.8 Å². The van der Waals surface area contributed by atoms with Crippen LogP contribution in [0.4, 0.5) is 28.7 Å². The number of anilines is 5. The number of nitrogens with zero attached hydrogens (tertiary/aromatic N) is 5. The number of rotatable bonds is 10. The summed E-state index contributed by atoms with van der Waals surface area (Å²) in [5.41, 5.74) is 11.6. The number of nitriles is 1. The largest absolute Gasteiger partial charge is 0.494 e. The third kappa shape index (κ3) is 5.80. The van der Waals surface area contributed by atoms with E-state index >= 15 is 0 Å². The van der Waals surface area contributed by atoms with Gasteiger partial charge in [-0.3, -0.25) is 0 Å². The molecule has 2 aromatic carbocycles. The highest BCUT2D eigenvalue weighted by Gasteiger charge is 2.17. The van der Waals surface area contributed by atoms with Gasteiger partial charge in [0.05, 0.1) is 41.6 Å². The van der Waals surface area contributed by atoms with Crippen molar-refractivity contribution in [1.82, 2.24) is 14.9 Å². The van der Waals surface area contributed by atoms with E-state index in [9.17, 15) is 5.26 Å². The first kappa shape index (κ1) is 25.3. The number of nitrogen functional groups attached to an aromatic ring is 1. The summed E-state index contributed by atoms with van der Waals surface area (Å²) in [6.45, 7) is 5.91. The quantitative estimate of drug-likeness (QED) is 0.379. The SMILES string of the molecule is C=C(c1ccccc1NC)c1nc(Nc2cc(N)c(N(C)CCN(C)C)cc2OC)ncc1C#N. The summed E-state index contributed by atoms with van der Waals surface area (Å²) >= 11 is 0. The molecule has 0 atom stereocenters. The van der Waals surface area contributed by atoms with Crippen LogP contribution in [-0.4, -0.2) is 63.3 Å². The van der Waals surface area contributed by atoms with Crippen molar-refractivity contribution in [3.63, 3.8) is 0 Å². The topological polar surface area (TPSA) is 115 Å². The van der Waals surface area contributed by atoms with Crippen LogP contribution in [0.1, 0.15) is 16.8 Å². The van der Waals surface area contributed by atoms with Crippen molar-refractivity contribution in [3.05, 3.63) is 66.0 Å². The molecule has 0 aliphatic carbocycles. The van der Waals surface area contributed by atoms with Gasteiger partial charge in [-0.25, -0.2) is 9.97 Å². The lowest BCUT2D eigenvalue weighted by atomic mass is 9.99. The summed E-state index contributed by atoms with van der Waals surface area (Å²) in [6.07, 6.45) is 1.48. The van der Waals surface area contributed by atoms with Crippen molar-refractivity contribution < 1.29 is 4.74 Å². The molecule has 182 valence electrons. The Balaban J connectivity index is 1.95. The van der Waals surface area contributed by atoms with E-state index < -0.39 is 0 Å². The maximum absolute atomic E-state index is 9.65. The van der Waals surface area contributed by atoms with Gasteiger partial charge in [0.1, 0.15) is 11.8 Å². The van der Waals surface area contributed by atoms with E-state index in [4.69, 9.17) is 10.5 Å². The van der Waals surface area contributed by atoms with Crippen molar-refractivity contribution in [2.45, 2.75) is 0 Å². The highest BCUT2D eigenvalue weighted by Crippen LogP contribution is 2.36. The number of aromatic nitrogens is 2. The molecular weight excluding hydrogens is 440 g/mol. The molecule has 3 aromatic rings. The van der Waals surface area contributed by atoms with Gasteiger partial charge in [0.25, 0.3) is 0 Å². The molecule has 0 spiro atoms. The van der Waals surface area contributed by atoms with Gasteiger partial charge in [-0.15, -0.1) is 0 Å². The molecule has 1 aromatic heterocycles. The van der Waals surface area contributed by atoms with Crippen LogP contribution in [0.2, 0.25) is 0 Å². The zero-order valence-corrected chi connectivity index (χ0v) is 20.9. The molecule has 0 aliphatic rings. The van der Waals surface area contributed by atoms with Crippen molar-refractivity contribution in [2.24, 2.45) is 0 Å². The smallest absolute Gasteiger partial charge is 0.227 e. The lowest BCUT2D eigenvalue weighted by Gasteiger charge is -2.24. The molecule has 0 saturated carbocycles. The van der Waals surface area contributed by atoms with Crippen LogP contribution in [0.15, 0.2) is 49.2 Å². The minimum absolute atomic E-state index is 0.300. The fraction of sp³-hybridized carbons (Fsp3) is 0.269. The van der Waals surface area contributed by atoms with E-state index in [1.807, 2.05) is 58.5 Å². The number of benzene rings is 2. The fourth-order valence-electron chi connectivity index (χ4n) is 3.62. The number of hydrogen-bond acceptors (Lipinski definition) is 9. The standard InChI is InChI=1S/C26H32N8O/c1-17(19-9-7-8-10-21(19)29-2)25-18(15-27)16-30-26(32-25)31-22-13-20(28)23(14-24(22)35-6)34(5)12-11-33(3)4/h7-10,13-14,16,29H,1,11-12,28H2,2-6H3,(H,30,31,32). The molecule has 9 nitrogen and oxygen atoms in total. The number of hydrogen-bond donors (Lipinski definition) is 3. The summed E-state index contributed by atoms with van der Waals surface area (Å²) in [6, 6.07) is 13.6. The van der Waals surface area contributed by atoms with Crippen LogP contribution in [0.3, 0.4) is 0 Å². The predicted molar refractivity (Wildman–Crippen MR) is 143 cm³/mol. The first-order valence-corrected chi connectivity index (χ1v) is 11.1. The second-order valence-corrected chi connectivity index (χ2v) is 8.30. The summed E-state index contributed by atoms with van der Waals surface area (Å²) in [5.74, 6) is 0.897. The number of likely N-dealkylation sites (N-methyl/N-ethyl adjacent to an activating group) is 2. The molecular formula is C26H32N8O. The summed E-state index contributed by atoms with van der Waals surface area (Å²) < 4.78 is 5.62. The first-order chi connectivity index (χ1) is 16.8. The molecule has 0 fully saturated rings. The van der Waals surface area contributed by atoms with E-state index in [1.165, 1.54) is 6.20 Å². The second-order valence-electron chi connectivity index (χ2n) is 8.30. The van der Waals surface area contributed by atoms with Crippen molar-refractivity contribution >= 4 is 34.3 Å². The normalized spacial score (nSPS) is 10.5. The Bertz CT molecular complexity index is 1250. The van der Waals surface area contributed by atoms with E-state index in [2.05, 4.69) is 43.0 Å². The van der Waals surface area contributed by atoms with Gasteiger partial charge in [0.2, 0.25) is 5.95 Å². The Morgan fingerprint density at radius 3 is 2.57 bits per heavy atom. The maximum atomic E-state index is 9.65. The van der Waals surface area contributed by atoms with Gasteiger partial charge < -0.3 is 30.9 Å². The predicted octanol–water partition coefficient (Wildman–Crippen LogP) is 3.78. The highest BCUT2D eigenvalue weighted by molar-refractivity contribution is 5.86. The van der Waals surface area contributed by atoms with Crippen LogP contribution >= 0.6 is 0 Å². The highest BCUT2D eigenvalue weighted by atomic mass is 16.5.